The minimum Gasteiger partial charge on any atom is -0.417 e. The fraction of sp³-hybridized carbons (Fsp3) is 1.00. The Morgan fingerprint density at radius 2 is 0.478 bits per heavy atom. The first-order chi connectivity index (χ1) is 33.0. The van der Waals surface area contributed by atoms with Gasteiger partial charge in [-0.2, -0.15) is 0 Å². The van der Waals surface area contributed by atoms with Crippen molar-refractivity contribution in [2.24, 2.45) is 0 Å². The molecule has 69 heavy (non-hydrogen) atoms. The summed E-state index contributed by atoms with van der Waals surface area (Å²) in [7, 11) is -33.8. The second-order valence-corrected chi connectivity index (χ2v) is 57.6. The van der Waals surface area contributed by atoms with Crippen LogP contribution in [-0.2, 0) is 45.3 Å². The van der Waals surface area contributed by atoms with Crippen LogP contribution in [0.25, 0.3) is 0 Å². The van der Waals surface area contributed by atoms with E-state index < -0.39 is 78.3 Å². The Balaban J connectivity index is 1.32. The van der Waals surface area contributed by atoms with Gasteiger partial charge in [-0.05, 0) is 129 Å². The monoisotopic (exact) mass is 1120 g/mol. The lowest BCUT2D eigenvalue weighted by Gasteiger charge is -2.64. The first kappa shape index (κ1) is 53.9. The summed E-state index contributed by atoms with van der Waals surface area (Å²) in [6.45, 7) is 13.9. The fourth-order valence-electron chi connectivity index (χ4n) is 14.9. The van der Waals surface area contributed by atoms with E-state index in [0.29, 0.717) is 0 Å². The van der Waals surface area contributed by atoms with E-state index in [1.165, 1.54) is 38.5 Å². The molecule has 0 amide bonds. The van der Waals surface area contributed by atoms with Gasteiger partial charge >= 0.3 is 61.6 Å². The maximum Gasteiger partial charge on any atom is 0.486 e. The molecule has 10 fully saturated rings. The van der Waals surface area contributed by atoms with Crippen LogP contribution in [0.5, 0.6) is 0 Å². The summed E-state index contributed by atoms with van der Waals surface area (Å²) in [4.78, 5) is 14.6. The minimum atomic E-state index is -4.36. The lowest BCUT2D eigenvalue weighted by atomic mass is 10.0. The molecule has 0 aromatic heterocycles. The van der Waals surface area contributed by atoms with Crippen LogP contribution in [0.15, 0.2) is 0 Å². The third-order valence-corrected chi connectivity index (χ3v) is 57.0. The molecule has 4 bridgehead atoms. The van der Waals surface area contributed by atoms with Crippen molar-refractivity contribution in [3.8, 4) is 0 Å². The molecular weight excluding hydrogens is 1020 g/mol. The Morgan fingerprint density at radius 1 is 0.275 bits per heavy atom. The molecule has 3 aliphatic heterocycles. The molecule has 10 rings (SSSR count). The van der Waals surface area contributed by atoms with Crippen LogP contribution in [0, 0.1) is 0 Å². The van der Waals surface area contributed by atoms with Crippen molar-refractivity contribution in [1.29, 1.82) is 0 Å². The molecule has 7 aliphatic carbocycles. The van der Waals surface area contributed by atoms with E-state index in [0.717, 1.165) is 186 Å². The first-order valence-corrected chi connectivity index (χ1v) is 48.9. The van der Waals surface area contributed by atoms with Crippen LogP contribution in [0.4, 0.5) is 0 Å². The largest absolute Gasteiger partial charge is 0.486 e. The molecule has 4 atom stereocenters. The summed E-state index contributed by atoms with van der Waals surface area (Å²) in [6, 6.07) is 0. The maximum atomic E-state index is 14.6. The van der Waals surface area contributed by atoms with Crippen molar-refractivity contribution < 1.29 is 50.1 Å². The third kappa shape index (κ3) is 11.6. The lowest BCUT2D eigenvalue weighted by Crippen LogP contribution is -2.86. The van der Waals surface area contributed by atoms with Gasteiger partial charge in [0.25, 0.3) is 0 Å². The van der Waals surface area contributed by atoms with E-state index in [4.69, 9.17) is 45.3 Å². The zero-order valence-electron chi connectivity index (χ0n) is 44.2. The Morgan fingerprint density at radius 3 is 0.725 bits per heavy atom. The smallest absolute Gasteiger partial charge is 0.417 e. The van der Waals surface area contributed by atoms with Crippen molar-refractivity contribution in [3.05, 3.63) is 0 Å². The highest BCUT2D eigenvalue weighted by molar-refractivity contribution is 7.01. The van der Waals surface area contributed by atoms with E-state index in [-0.39, 0.29) is 38.8 Å². The molecule has 0 spiro atoms. The van der Waals surface area contributed by atoms with Gasteiger partial charge in [-0.25, -0.2) is 0 Å². The highest BCUT2D eigenvalue weighted by Gasteiger charge is 2.83. The highest BCUT2D eigenvalue weighted by atomic mass is 28.6. The van der Waals surface area contributed by atoms with Crippen LogP contribution < -0.4 is 0 Å². The van der Waals surface area contributed by atoms with E-state index in [9.17, 15) is 4.80 Å². The molecule has 396 valence electrons. The van der Waals surface area contributed by atoms with Crippen molar-refractivity contribution in [2.75, 3.05) is 0 Å². The molecule has 12 nitrogen and oxygen atoms in total. The van der Waals surface area contributed by atoms with Crippen molar-refractivity contribution in [3.63, 3.8) is 0 Å². The summed E-state index contributed by atoms with van der Waals surface area (Å²) < 4.78 is 93.6. The zero-order valence-corrected chi connectivity index (χ0v) is 53.2. The zero-order chi connectivity index (χ0) is 48.1. The van der Waals surface area contributed by atoms with Crippen LogP contribution in [-0.4, -0.2) is 83.1 Å². The number of rotatable bonds is 11. The number of hydrogen-bond donors (Lipinski definition) is 1. The number of hydrogen-bond acceptors (Lipinski definition) is 12. The minimum absolute atomic E-state index is 0.00790. The Kier molecular flexibility index (Phi) is 16.9. The summed E-state index contributed by atoms with van der Waals surface area (Å²) in [5.74, 6) is 0. The average Bonchev–Trinajstić information content (AvgIpc) is 3.33. The maximum absolute atomic E-state index is 14.6. The molecule has 4 unspecified atom stereocenters. The van der Waals surface area contributed by atoms with Crippen LogP contribution in [0.3, 0.4) is 0 Å². The molecule has 21 heteroatoms. The summed E-state index contributed by atoms with van der Waals surface area (Å²) in [5, 5.41) is 0. The highest BCUT2D eigenvalue weighted by Crippen LogP contribution is 2.62. The van der Waals surface area contributed by atoms with Gasteiger partial charge in [0.05, 0.1) is 0 Å². The predicted molar refractivity (Wildman–Crippen MR) is 289 cm³/mol. The van der Waals surface area contributed by atoms with Crippen molar-refractivity contribution >= 4 is 78.3 Å². The van der Waals surface area contributed by atoms with Gasteiger partial charge in [0.15, 0.2) is 16.6 Å². The second kappa shape index (κ2) is 21.7. The quantitative estimate of drug-likeness (QED) is 0.198. The third-order valence-electron chi connectivity index (χ3n) is 18.2. The van der Waals surface area contributed by atoms with Crippen molar-refractivity contribution in [2.45, 2.75) is 303 Å². The topological polar surface area (TPSA) is 122 Å². The molecule has 0 aromatic carbocycles. The molecule has 0 aromatic rings. The van der Waals surface area contributed by atoms with Gasteiger partial charge < -0.3 is 50.1 Å². The normalized spacial score (nSPS) is 42.3. The van der Waals surface area contributed by atoms with Gasteiger partial charge in [-0.15, -0.1) is 0 Å². The van der Waals surface area contributed by atoms with Crippen LogP contribution >= 0.6 is 0 Å². The average molecular weight is 1120 g/mol. The van der Waals surface area contributed by atoms with Gasteiger partial charge in [0.2, 0.25) is 0 Å². The molecule has 3 heterocycles. The van der Waals surface area contributed by atoms with E-state index >= 15 is 0 Å². The van der Waals surface area contributed by atoms with Gasteiger partial charge in [0, 0.05) is 38.8 Å². The molecule has 10 aliphatic rings. The van der Waals surface area contributed by atoms with Gasteiger partial charge in [0.1, 0.15) is 0 Å². The Labute approximate surface area is 428 Å². The molecule has 1 N–H and O–H groups in total. The summed E-state index contributed by atoms with van der Waals surface area (Å²) >= 11 is 0. The summed E-state index contributed by atoms with van der Waals surface area (Å²) in [6.07, 6.45) is 36.5. The summed E-state index contributed by atoms with van der Waals surface area (Å²) in [5.41, 5.74) is -0.203. The Bertz CT molecular complexity index is 1610. The van der Waals surface area contributed by atoms with E-state index in [1.807, 2.05) is 0 Å². The van der Waals surface area contributed by atoms with E-state index in [1.54, 1.807) is 0 Å². The second-order valence-electron chi connectivity index (χ2n) is 25.9. The number of fused-ring (bicyclic) bond motifs is 3. The van der Waals surface area contributed by atoms with Gasteiger partial charge in [-0.3, -0.25) is 0 Å². The van der Waals surface area contributed by atoms with Crippen LogP contribution in [0.2, 0.25) is 78.1 Å². The van der Waals surface area contributed by atoms with E-state index in [2.05, 4.69) is 39.3 Å². The van der Waals surface area contributed by atoms with Crippen molar-refractivity contribution in [1.82, 2.24) is 0 Å². The Hall–Kier alpha value is 1.47. The predicted octanol–water partition coefficient (Wildman–Crippen LogP) is 14.8. The molecule has 7 saturated carbocycles. The first-order valence-electron chi connectivity index (χ1n) is 29.5. The SMILES string of the molecule is C[Si](C)(C)O[Si]1(C2CCCCC2)O[Si]2(C3CCCCC3)O[Si](O)(C3CCCCC3)O[Si]3(C4CCCCC4)O[Si](O[Si](C)(C)C)(C4CCCCC4)O[Si](C4CCCCC4)(O1)O[Si](C1CCCCC1)(O2)O3. The molecular formula is C48H96O12Si9. The van der Waals surface area contributed by atoms with Gasteiger partial charge in [-0.1, -0.05) is 135 Å². The van der Waals surface area contributed by atoms with Crippen LogP contribution in [0.1, 0.15) is 225 Å². The lowest BCUT2D eigenvalue weighted by molar-refractivity contribution is -0.0149. The molecule has 3 saturated heterocycles. The fourth-order valence-corrected chi connectivity index (χ4v) is 67.6. The molecule has 0 radical (unpaired) electrons. The standard InChI is InChI=1S/C48H96O12Si9/c1-61(2,3)50-64(43-30-16-8-17-31-43)54-66(45-34-20-10-21-35-45)52-63(49,42-28-14-7-15-29-42)53-67(46-36-22-11-23-37-46)55-65(51-62(4,5)6,44-32-18-9-19-33-44)57-68(56-64,47-38-24-12-25-39-47)60-69(58-66,59-67)48-40-26-13-27-41-48/h42-49H,7-41H2,1-6H3.